The van der Waals surface area contributed by atoms with Crippen molar-refractivity contribution in [1.29, 1.82) is 0 Å². The molecule has 0 spiro atoms. The Kier molecular flexibility index (Phi) is 4.60. The van der Waals surface area contributed by atoms with Gasteiger partial charge in [0.1, 0.15) is 0 Å². The Labute approximate surface area is 105 Å². The normalized spacial score (nSPS) is 20.7. The van der Waals surface area contributed by atoms with Crippen molar-refractivity contribution in [2.75, 3.05) is 18.9 Å². The molecule has 0 aliphatic heterocycles. The van der Waals surface area contributed by atoms with Gasteiger partial charge in [-0.05, 0) is 18.3 Å². The van der Waals surface area contributed by atoms with Gasteiger partial charge in [0.15, 0.2) is 0 Å². The Morgan fingerprint density at radius 1 is 1.24 bits per heavy atom. The number of nitrogens with one attached hydrogen (secondary N) is 1. The van der Waals surface area contributed by atoms with E-state index in [2.05, 4.69) is 4.72 Å². The zero-order valence-electron chi connectivity index (χ0n) is 11.1. The fraction of sp³-hybridized carbons (Fsp3) is 1.00. The zero-order chi connectivity index (χ0) is 13.2. The second-order valence-electron chi connectivity index (χ2n) is 6.51. The van der Waals surface area contributed by atoms with Crippen LogP contribution in [-0.2, 0) is 10.0 Å². The van der Waals surface area contributed by atoms with Gasteiger partial charge in [0.25, 0.3) is 0 Å². The summed E-state index contributed by atoms with van der Waals surface area (Å²) in [5.74, 6) is 0.126. The number of sulfonamides is 1. The summed E-state index contributed by atoms with van der Waals surface area (Å²) in [7, 11) is -3.24. The predicted octanol–water partition coefficient (Wildman–Crippen LogP) is 1.50. The van der Waals surface area contributed by atoms with Crippen molar-refractivity contribution in [2.45, 2.75) is 46.5 Å². The lowest BCUT2D eigenvalue weighted by Gasteiger charge is -2.27. The number of hydrogen-bond acceptors (Lipinski definition) is 3. The quantitative estimate of drug-likeness (QED) is 0.790. The van der Waals surface area contributed by atoms with Gasteiger partial charge in [-0.3, -0.25) is 0 Å². The smallest absolute Gasteiger partial charge is 0.212 e. The number of rotatable bonds is 5. The Morgan fingerprint density at radius 2 is 1.76 bits per heavy atom. The highest BCUT2D eigenvalue weighted by atomic mass is 32.2. The highest BCUT2D eigenvalue weighted by molar-refractivity contribution is 7.89. The Hall–Kier alpha value is -0.130. The Bertz CT molecular complexity index is 337. The molecule has 2 N–H and O–H groups in total. The van der Waals surface area contributed by atoms with Crippen molar-refractivity contribution >= 4 is 10.0 Å². The van der Waals surface area contributed by atoms with Crippen LogP contribution in [0.2, 0.25) is 0 Å². The number of aliphatic hydroxyl groups excluding tert-OH is 1. The van der Waals surface area contributed by atoms with Crippen LogP contribution >= 0.6 is 0 Å². The van der Waals surface area contributed by atoms with E-state index in [1.165, 1.54) is 0 Å². The van der Waals surface area contributed by atoms with Gasteiger partial charge in [0.05, 0.1) is 5.75 Å². The average molecular weight is 263 g/mol. The standard InChI is InChI=1S/C12H25NO3S/c1-11(2,3)10-17(15,16)13-8-12(9-14)6-4-5-7-12/h13-14H,4-10H2,1-3H3. The largest absolute Gasteiger partial charge is 0.396 e. The SMILES string of the molecule is CC(C)(C)CS(=O)(=O)NCC1(CO)CCCC1. The van der Waals surface area contributed by atoms with Gasteiger partial charge in [0.2, 0.25) is 10.0 Å². The van der Waals surface area contributed by atoms with Crippen LogP contribution in [0.1, 0.15) is 46.5 Å². The van der Waals surface area contributed by atoms with E-state index in [1.54, 1.807) is 0 Å². The van der Waals surface area contributed by atoms with Crippen LogP contribution in [0.4, 0.5) is 0 Å². The van der Waals surface area contributed by atoms with Gasteiger partial charge >= 0.3 is 0 Å². The van der Waals surface area contributed by atoms with Crippen molar-refractivity contribution in [1.82, 2.24) is 4.72 Å². The van der Waals surface area contributed by atoms with Gasteiger partial charge in [-0.15, -0.1) is 0 Å². The van der Waals surface area contributed by atoms with Crippen molar-refractivity contribution in [3.05, 3.63) is 0 Å². The Morgan fingerprint density at radius 3 is 2.18 bits per heavy atom. The van der Waals surface area contributed by atoms with E-state index in [1.807, 2.05) is 20.8 Å². The van der Waals surface area contributed by atoms with E-state index in [4.69, 9.17) is 0 Å². The first kappa shape index (κ1) is 14.9. The van der Waals surface area contributed by atoms with E-state index in [9.17, 15) is 13.5 Å². The molecule has 0 atom stereocenters. The van der Waals surface area contributed by atoms with Crippen LogP contribution < -0.4 is 4.72 Å². The molecule has 0 aromatic heterocycles. The first-order chi connectivity index (χ1) is 7.68. The third-order valence-corrected chi connectivity index (χ3v) is 5.12. The van der Waals surface area contributed by atoms with Gasteiger partial charge in [-0.2, -0.15) is 0 Å². The molecule has 1 rings (SSSR count). The van der Waals surface area contributed by atoms with Crippen molar-refractivity contribution < 1.29 is 13.5 Å². The molecule has 17 heavy (non-hydrogen) atoms. The topological polar surface area (TPSA) is 66.4 Å². The summed E-state index contributed by atoms with van der Waals surface area (Å²) in [4.78, 5) is 0. The summed E-state index contributed by atoms with van der Waals surface area (Å²) in [5.41, 5.74) is -0.459. The fourth-order valence-electron chi connectivity index (χ4n) is 2.40. The second-order valence-corrected chi connectivity index (χ2v) is 8.31. The summed E-state index contributed by atoms with van der Waals surface area (Å²) < 4.78 is 26.4. The molecule has 102 valence electrons. The molecule has 5 heteroatoms. The molecule has 4 nitrogen and oxygen atoms in total. The number of aliphatic hydroxyl groups is 1. The molecule has 0 saturated heterocycles. The third kappa shape index (κ3) is 4.94. The van der Waals surface area contributed by atoms with E-state index >= 15 is 0 Å². The van der Waals surface area contributed by atoms with Crippen LogP contribution in [0.3, 0.4) is 0 Å². The van der Waals surface area contributed by atoms with Crippen LogP contribution in [0.15, 0.2) is 0 Å². The molecule has 1 fully saturated rings. The van der Waals surface area contributed by atoms with Crippen molar-refractivity contribution in [2.24, 2.45) is 10.8 Å². The van der Waals surface area contributed by atoms with Crippen molar-refractivity contribution in [3.8, 4) is 0 Å². The summed E-state index contributed by atoms with van der Waals surface area (Å²) >= 11 is 0. The minimum atomic E-state index is -3.24. The minimum absolute atomic E-state index is 0.0744. The molecule has 0 aromatic rings. The van der Waals surface area contributed by atoms with Gasteiger partial charge in [0, 0.05) is 18.6 Å². The first-order valence-electron chi connectivity index (χ1n) is 6.26. The highest BCUT2D eigenvalue weighted by Crippen LogP contribution is 2.37. The molecule has 1 saturated carbocycles. The van der Waals surface area contributed by atoms with Gasteiger partial charge in [-0.1, -0.05) is 33.6 Å². The first-order valence-corrected chi connectivity index (χ1v) is 7.92. The van der Waals surface area contributed by atoms with Gasteiger partial charge in [-0.25, -0.2) is 13.1 Å². The summed E-state index contributed by atoms with van der Waals surface area (Å²) in [6, 6.07) is 0. The summed E-state index contributed by atoms with van der Waals surface area (Å²) in [6.45, 7) is 6.17. The van der Waals surface area contributed by atoms with Crippen LogP contribution in [0.25, 0.3) is 0 Å². The molecule has 1 aliphatic carbocycles. The zero-order valence-corrected chi connectivity index (χ0v) is 11.9. The fourth-order valence-corrected chi connectivity index (χ4v) is 4.17. The van der Waals surface area contributed by atoms with E-state index in [0.717, 1.165) is 25.7 Å². The van der Waals surface area contributed by atoms with Crippen LogP contribution in [0.5, 0.6) is 0 Å². The lowest BCUT2D eigenvalue weighted by molar-refractivity contribution is 0.134. The lowest BCUT2D eigenvalue weighted by atomic mass is 9.88. The van der Waals surface area contributed by atoms with Crippen molar-refractivity contribution in [3.63, 3.8) is 0 Å². The molecule has 0 bridgehead atoms. The number of hydrogen-bond donors (Lipinski definition) is 2. The third-order valence-electron chi connectivity index (χ3n) is 3.29. The van der Waals surface area contributed by atoms with E-state index in [-0.39, 0.29) is 23.2 Å². The average Bonchev–Trinajstić information content (AvgIpc) is 2.60. The maximum atomic E-state index is 11.9. The van der Waals surface area contributed by atoms with Crippen LogP contribution in [-0.4, -0.2) is 32.4 Å². The minimum Gasteiger partial charge on any atom is -0.396 e. The Balaban J connectivity index is 2.54. The maximum Gasteiger partial charge on any atom is 0.212 e. The highest BCUT2D eigenvalue weighted by Gasteiger charge is 2.34. The summed E-state index contributed by atoms with van der Waals surface area (Å²) in [6.07, 6.45) is 4.01. The molecule has 0 aromatic carbocycles. The molecule has 1 aliphatic rings. The lowest BCUT2D eigenvalue weighted by Crippen LogP contribution is -2.41. The maximum absolute atomic E-state index is 11.9. The van der Waals surface area contributed by atoms with E-state index < -0.39 is 10.0 Å². The predicted molar refractivity (Wildman–Crippen MR) is 69.2 cm³/mol. The van der Waals surface area contributed by atoms with E-state index in [0.29, 0.717) is 6.54 Å². The molecule has 0 unspecified atom stereocenters. The van der Waals surface area contributed by atoms with Crippen LogP contribution in [0, 0.1) is 10.8 Å². The molecule has 0 amide bonds. The second kappa shape index (κ2) is 5.24. The molecular formula is C12H25NO3S. The molecule has 0 heterocycles. The van der Waals surface area contributed by atoms with Gasteiger partial charge < -0.3 is 5.11 Å². The summed E-state index contributed by atoms with van der Waals surface area (Å²) in [5, 5.41) is 9.41. The monoisotopic (exact) mass is 263 g/mol. The molecular weight excluding hydrogens is 238 g/mol. The molecule has 0 radical (unpaired) electrons.